The molecular formula is C19H20N4O3. The molecule has 0 unspecified atom stereocenters. The number of hydrogen-bond acceptors (Lipinski definition) is 6. The van der Waals surface area contributed by atoms with E-state index in [4.69, 9.17) is 4.74 Å². The zero-order chi connectivity index (χ0) is 18.4. The summed E-state index contributed by atoms with van der Waals surface area (Å²) in [6.07, 6.45) is 0. The summed E-state index contributed by atoms with van der Waals surface area (Å²) in [5, 5.41) is 20.0. The highest BCUT2D eigenvalue weighted by molar-refractivity contribution is 5.59. The normalized spacial score (nSPS) is 14.7. The Morgan fingerprint density at radius 2 is 1.88 bits per heavy atom. The van der Waals surface area contributed by atoms with Gasteiger partial charge in [-0.2, -0.15) is 5.26 Å². The molecular weight excluding hydrogens is 332 g/mol. The smallest absolute Gasteiger partial charge is 0.273 e. The van der Waals surface area contributed by atoms with E-state index in [9.17, 15) is 15.4 Å². The minimum Gasteiger partial charge on any atom is -0.492 e. The lowest BCUT2D eigenvalue weighted by molar-refractivity contribution is -0.384. The van der Waals surface area contributed by atoms with Gasteiger partial charge in [0.1, 0.15) is 18.4 Å². The highest BCUT2D eigenvalue weighted by Gasteiger charge is 2.19. The number of nitrogens with zero attached hydrogens (tertiary/aromatic N) is 4. The Kier molecular flexibility index (Phi) is 5.66. The van der Waals surface area contributed by atoms with Gasteiger partial charge < -0.3 is 9.64 Å². The number of benzene rings is 2. The van der Waals surface area contributed by atoms with Crippen LogP contribution in [0.3, 0.4) is 0 Å². The number of rotatable bonds is 6. The van der Waals surface area contributed by atoms with Crippen molar-refractivity contribution >= 4 is 11.4 Å². The van der Waals surface area contributed by atoms with Crippen LogP contribution in [0.5, 0.6) is 5.75 Å². The maximum atomic E-state index is 10.8. The van der Waals surface area contributed by atoms with Crippen molar-refractivity contribution in [1.29, 1.82) is 5.26 Å². The summed E-state index contributed by atoms with van der Waals surface area (Å²) in [4.78, 5) is 14.9. The van der Waals surface area contributed by atoms with Crippen LogP contribution < -0.4 is 9.64 Å². The molecule has 1 heterocycles. The van der Waals surface area contributed by atoms with E-state index < -0.39 is 4.92 Å². The molecule has 0 spiro atoms. The fourth-order valence-electron chi connectivity index (χ4n) is 3.04. The number of para-hydroxylation sites is 1. The van der Waals surface area contributed by atoms with Gasteiger partial charge >= 0.3 is 0 Å². The first kappa shape index (κ1) is 17.7. The first-order chi connectivity index (χ1) is 12.7. The standard InChI is InChI=1S/C19H20N4O3/c20-15-16-4-1-2-7-19(16)22-10-8-21(9-11-22)12-13-26-18-6-3-5-17(14-18)23(24)25/h1-7,14H,8-13H2. The van der Waals surface area contributed by atoms with Gasteiger partial charge in [-0.1, -0.05) is 18.2 Å². The number of non-ortho nitro benzene ring substituents is 1. The maximum Gasteiger partial charge on any atom is 0.273 e. The van der Waals surface area contributed by atoms with Crippen molar-refractivity contribution in [3.8, 4) is 11.8 Å². The average Bonchev–Trinajstić information content (AvgIpc) is 2.69. The monoisotopic (exact) mass is 352 g/mol. The molecule has 0 bridgehead atoms. The minimum absolute atomic E-state index is 0.0345. The Labute approximate surface area is 152 Å². The van der Waals surface area contributed by atoms with Crippen LogP contribution in [0.1, 0.15) is 5.56 Å². The van der Waals surface area contributed by atoms with Crippen molar-refractivity contribution in [2.45, 2.75) is 0 Å². The fourth-order valence-corrected chi connectivity index (χ4v) is 3.04. The summed E-state index contributed by atoms with van der Waals surface area (Å²) in [6.45, 7) is 4.73. The van der Waals surface area contributed by atoms with Crippen molar-refractivity contribution < 1.29 is 9.66 Å². The highest BCUT2D eigenvalue weighted by Crippen LogP contribution is 2.21. The third-order valence-electron chi connectivity index (χ3n) is 4.44. The van der Waals surface area contributed by atoms with Crippen molar-refractivity contribution in [1.82, 2.24) is 4.90 Å². The van der Waals surface area contributed by atoms with E-state index in [1.807, 2.05) is 24.3 Å². The van der Waals surface area contributed by atoms with Crippen LogP contribution >= 0.6 is 0 Å². The van der Waals surface area contributed by atoms with E-state index in [1.165, 1.54) is 12.1 Å². The van der Waals surface area contributed by atoms with Crippen LogP contribution in [0.2, 0.25) is 0 Å². The molecule has 2 aromatic carbocycles. The van der Waals surface area contributed by atoms with Gasteiger partial charge in [-0.15, -0.1) is 0 Å². The summed E-state index contributed by atoms with van der Waals surface area (Å²) in [7, 11) is 0. The lowest BCUT2D eigenvalue weighted by Gasteiger charge is -2.36. The molecule has 0 N–H and O–H groups in total. The molecule has 0 saturated carbocycles. The van der Waals surface area contributed by atoms with Gasteiger partial charge in [0.15, 0.2) is 0 Å². The van der Waals surface area contributed by atoms with Crippen molar-refractivity contribution in [2.24, 2.45) is 0 Å². The molecule has 1 fully saturated rings. The molecule has 0 radical (unpaired) electrons. The number of piperazine rings is 1. The number of nitro benzene ring substituents is 1. The van der Waals surface area contributed by atoms with Gasteiger partial charge in [0.25, 0.3) is 5.69 Å². The van der Waals surface area contributed by atoms with E-state index in [2.05, 4.69) is 15.9 Å². The Bertz CT molecular complexity index is 810. The van der Waals surface area contributed by atoms with Crippen LogP contribution in [-0.2, 0) is 0 Å². The number of anilines is 1. The topological polar surface area (TPSA) is 82.6 Å². The number of ether oxygens (including phenoxy) is 1. The zero-order valence-electron chi connectivity index (χ0n) is 14.4. The van der Waals surface area contributed by atoms with E-state index in [0.29, 0.717) is 17.9 Å². The van der Waals surface area contributed by atoms with Gasteiger partial charge in [0, 0.05) is 38.8 Å². The molecule has 0 aliphatic carbocycles. The van der Waals surface area contributed by atoms with E-state index >= 15 is 0 Å². The van der Waals surface area contributed by atoms with Crippen LogP contribution in [0.25, 0.3) is 0 Å². The fraction of sp³-hybridized carbons (Fsp3) is 0.316. The van der Waals surface area contributed by atoms with Crippen LogP contribution in [0, 0.1) is 21.4 Å². The number of nitro groups is 1. The maximum absolute atomic E-state index is 10.8. The molecule has 7 heteroatoms. The summed E-state index contributed by atoms with van der Waals surface area (Å²) in [6, 6.07) is 16.1. The molecule has 26 heavy (non-hydrogen) atoms. The summed E-state index contributed by atoms with van der Waals surface area (Å²) in [5.74, 6) is 0.515. The quantitative estimate of drug-likeness (QED) is 0.587. The lowest BCUT2D eigenvalue weighted by Crippen LogP contribution is -2.47. The van der Waals surface area contributed by atoms with Gasteiger partial charge in [0.05, 0.1) is 22.2 Å². The molecule has 1 aliphatic rings. The zero-order valence-corrected chi connectivity index (χ0v) is 14.4. The number of nitriles is 1. The van der Waals surface area contributed by atoms with Crippen molar-refractivity contribution in [3.05, 3.63) is 64.2 Å². The second-order valence-corrected chi connectivity index (χ2v) is 6.06. The Hall–Kier alpha value is -3.11. The highest BCUT2D eigenvalue weighted by atomic mass is 16.6. The lowest BCUT2D eigenvalue weighted by atomic mass is 10.1. The molecule has 1 aliphatic heterocycles. The van der Waals surface area contributed by atoms with Crippen molar-refractivity contribution in [2.75, 3.05) is 44.2 Å². The van der Waals surface area contributed by atoms with E-state index in [0.717, 1.165) is 38.4 Å². The summed E-state index contributed by atoms with van der Waals surface area (Å²) >= 11 is 0. The molecule has 1 saturated heterocycles. The van der Waals surface area contributed by atoms with Gasteiger partial charge in [-0.25, -0.2) is 0 Å². The predicted octanol–water partition coefficient (Wildman–Crippen LogP) is 2.67. The molecule has 0 amide bonds. The van der Waals surface area contributed by atoms with Crippen LogP contribution in [0.15, 0.2) is 48.5 Å². The molecule has 2 aromatic rings. The SMILES string of the molecule is N#Cc1ccccc1N1CCN(CCOc2cccc([N+](=O)[O-])c2)CC1. The van der Waals surface area contributed by atoms with Crippen LogP contribution in [0.4, 0.5) is 11.4 Å². The first-order valence-electron chi connectivity index (χ1n) is 8.51. The molecule has 7 nitrogen and oxygen atoms in total. The molecule has 134 valence electrons. The van der Waals surface area contributed by atoms with Gasteiger partial charge in [0.2, 0.25) is 0 Å². The van der Waals surface area contributed by atoms with Gasteiger partial charge in [-0.3, -0.25) is 15.0 Å². The average molecular weight is 352 g/mol. The van der Waals surface area contributed by atoms with Gasteiger partial charge in [-0.05, 0) is 18.2 Å². The third-order valence-corrected chi connectivity index (χ3v) is 4.44. The second-order valence-electron chi connectivity index (χ2n) is 6.06. The summed E-state index contributed by atoms with van der Waals surface area (Å²) in [5.41, 5.74) is 1.73. The predicted molar refractivity (Wildman–Crippen MR) is 98.4 cm³/mol. The molecule has 3 rings (SSSR count). The number of hydrogen-bond donors (Lipinski definition) is 0. The van der Waals surface area contributed by atoms with E-state index in [-0.39, 0.29) is 5.69 Å². The van der Waals surface area contributed by atoms with E-state index in [1.54, 1.807) is 12.1 Å². The minimum atomic E-state index is -0.425. The molecule has 0 atom stereocenters. The molecule has 0 aromatic heterocycles. The first-order valence-corrected chi connectivity index (χ1v) is 8.51. The Morgan fingerprint density at radius 3 is 2.62 bits per heavy atom. The van der Waals surface area contributed by atoms with Crippen LogP contribution in [-0.4, -0.2) is 49.2 Å². The Balaban J connectivity index is 1.47. The third kappa shape index (κ3) is 4.29. The summed E-state index contributed by atoms with van der Waals surface area (Å²) < 4.78 is 5.64. The van der Waals surface area contributed by atoms with Crippen molar-refractivity contribution in [3.63, 3.8) is 0 Å². The Morgan fingerprint density at radius 1 is 1.12 bits per heavy atom. The second kappa shape index (κ2) is 8.32. The largest absolute Gasteiger partial charge is 0.492 e.